The maximum absolute atomic E-state index is 14.2. The standard InChI is InChI=1S/C36H27ClN2O6S/c1-2-42-35(41)31-32(24-8-4-3-5-9-24)38-36-39(33(31)25-13-16-28-29(19-25)45-21-44-28)34(40)30(46-36)18-22-11-14-27(15-12-22)43-20-23-7-6-10-26(37)17-23/h3-19,33H,2,20-21H2,1H3/b30-18-/t33-/m1/s1. The summed E-state index contributed by atoms with van der Waals surface area (Å²) in [5, 5.41) is 0.656. The Morgan fingerprint density at radius 1 is 1.00 bits per heavy atom. The van der Waals surface area contributed by atoms with Gasteiger partial charge in [-0.2, -0.15) is 0 Å². The molecule has 0 spiro atoms. The normalized spacial score (nSPS) is 15.3. The molecule has 0 aliphatic carbocycles. The fraction of sp³-hybridized carbons (Fsp3) is 0.139. The minimum absolute atomic E-state index is 0.0990. The van der Waals surface area contributed by atoms with Crippen molar-refractivity contribution in [3.63, 3.8) is 0 Å². The molecule has 8 nitrogen and oxygen atoms in total. The third-order valence-electron chi connectivity index (χ3n) is 7.56. The van der Waals surface area contributed by atoms with E-state index in [1.165, 1.54) is 11.3 Å². The molecule has 4 aromatic carbocycles. The minimum atomic E-state index is -0.815. The van der Waals surface area contributed by atoms with E-state index in [0.717, 1.165) is 16.7 Å². The van der Waals surface area contributed by atoms with Crippen molar-refractivity contribution in [3.8, 4) is 17.2 Å². The van der Waals surface area contributed by atoms with Crippen LogP contribution in [0.4, 0.5) is 0 Å². The summed E-state index contributed by atoms with van der Waals surface area (Å²) in [7, 11) is 0. The highest BCUT2D eigenvalue weighted by molar-refractivity contribution is 7.07. The predicted molar refractivity (Wildman–Crippen MR) is 176 cm³/mol. The van der Waals surface area contributed by atoms with Gasteiger partial charge < -0.3 is 18.9 Å². The summed E-state index contributed by atoms with van der Waals surface area (Å²) in [6.07, 6.45) is 1.82. The fourth-order valence-electron chi connectivity index (χ4n) is 5.44. The highest BCUT2D eigenvalue weighted by Gasteiger charge is 2.36. The number of ether oxygens (including phenoxy) is 4. The molecule has 7 rings (SSSR count). The van der Waals surface area contributed by atoms with E-state index in [2.05, 4.69) is 0 Å². The van der Waals surface area contributed by atoms with Crippen molar-refractivity contribution in [2.45, 2.75) is 19.6 Å². The Bertz CT molecular complexity index is 2160. The molecule has 10 heteroatoms. The van der Waals surface area contributed by atoms with E-state index < -0.39 is 12.0 Å². The zero-order chi connectivity index (χ0) is 31.6. The second-order valence-corrected chi connectivity index (χ2v) is 12.0. The lowest BCUT2D eigenvalue weighted by atomic mass is 9.93. The van der Waals surface area contributed by atoms with Crippen LogP contribution in [0.3, 0.4) is 0 Å². The molecular weight excluding hydrogens is 624 g/mol. The van der Waals surface area contributed by atoms with Gasteiger partial charge in [0.1, 0.15) is 12.4 Å². The first kappa shape index (κ1) is 29.6. The highest BCUT2D eigenvalue weighted by Crippen LogP contribution is 2.40. The second-order valence-electron chi connectivity index (χ2n) is 10.5. The molecule has 5 aromatic rings. The van der Waals surface area contributed by atoms with Crippen molar-refractivity contribution in [2.75, 3.05) is 13.4 Å². The molecule has 0 radical (unpaired) electrons. The Labute approximate surface area is 273 Å². The lowest BCUT2D eigenvalue weighted by Gasteiger charge is -2.26. The summed E-state index contributed by atoms with van der Waals surface area (Å²) in [6, 6.07) is 29.1. The topological polar surface area (TPSA) is 88.4 Å². The van der Waals surface area contributed by atoms with Crippen LogP contribution in [0.25, 0.3) is 11.8 Å². The Morgan fingerprint density at radius 3 is 2.59 bits per heavy atom. The van der Waals surface area contributed by atoms with Crippen LogP contribution in [0.5, 0.6) is 17.2 Å². The van der Waals surface area contributed by atoms with E-state index in [1.54, 1.807) is 23.6 Å². The molecule has 46 heavy (non-hydrogen) atoms. The molecule has 0 fully saturated rings. The van der Waals surface area contributed by atoms with Crippen LogP contribution >= 0.6 is 22.9 Å². The van der Waals surface area contributed by atoms with Crippen LogP contribution in [0.2, 0.25) is 5.02 Å². The Kier molecular flexibility index (Phi) is 8.17. The number of thiazole rings is 1. The van der Waals surface area contributed by atoms with Gasteiger partial charge in [-0.1, -0.05) is 83.6 Å². The number of fused-ring (bicyclic) bond motifs is 2. The third kappa shape index (κ3) is 5.82. The first-order valence-electron chi connectivity index (χ1n) is 14.6. The van der Waals surface area contributed by atoms with Crippen molar-refractivity contribution in [1.82, 2.24) is 4.57 Å². The van der Waals surface area contributed by atoms with Crippen LogP contribution in [-0.4, -0.2) is 23.9 Å². The number of hydrogen-bond acceptors (Lipinski definition) is 8. The molecule has 230 valence electrons. The van der Waals surface area contributed by atoms with Gasteiger partial charge in [0.05, 0.1) is 28.5 Å². The Balaban J connectivity index is 1.32. The molecule has 2 aliphatic rings. The quantitative estimate of drug-likeness (QED) is 0.195. The van der Waals surface area contributed by atoms with Crippen molar-refractivity contribution >= 4 is 40.7 Å². The number of carbonyl (C=O) groups excluding carboxylic acids is 1. The molecule has 0 amide bonds. The average molecular weight is 651 g/mol. The van der Waals surface area contributed by atoms with E-state index >= 15 is 0 Å². The Morgan fingerprint density at radius 2 is 1.80 bits per heavy atom. The zero-order valence-electron chi connectivity index (χ0n) is 24.6. The molecule has 3 heterocycles. The molecular formula is C36H27ClN2O6S. The smallest absolute Gasteiger partial charge is 0.338 e. The lowest BCUT2D eigenvalue weighted by molar-refractivity contribution is -0.138. The molecule has 0 saturated heterocycles. The molecule has 0 saturated carbocycles. The largest absolute Gasteiger partial charge is 0.489 e. The van der Waals surface area contributed by atoms with E-state index in [0.29, 0.717) is 49.5 Å². The summed E-state index contributed by atoms with van der Waals surface area (Å²) in [5.74, 6) is 1.28. The Hall–Kier alpha value is -5.12. The third-order valence-corrected chi connectivity index (χ3v) is 8.78. The number of aromatic nitrogens is 1. The second kappa shape index (κ2) is 12.7. The number of carbonyl (C=O) groups is 1. The minimum Gasteiger partial charge on any atom is -0.489 e. The number of nitrogens with zero attached hydrogens (tertiary/aromatic N) is 2. The fourth-order valence-corrected chi connectivity index (χ4v) is 6.66. The summed E-state index contributed by atoms with van der Waals surface area (Å²) in [6.45, 7) is 2.40. The van der Waals surface area contributed by atoms with Gasteiger partial charge in [-0.25, -0.2) is 9.79 Å². The maximum atomic E-state index is 14.2. The van der Waals surface area contributed by atoms with Crippen LogP contribution < -0.4 is 29.1 Å². The van der Waals surface area contributed by atoms with E-state index in [9.17, 15) is 9.59 Å². The predicted octanol–water partition coefficient (Wildman–Crippen LogP) is 5.90. The van der Waals surface area contributed by atoms with Crippen LogP contribution in [0.1, 0.15) is 35.2 Å². The number of rotatable bonds is 8. The summed E-state index contributed by atoms with van der Waals surface area (Å²) < 4.78 is 24.7. The van der Waals surface area contributed by atoms with Crippen LogP contribution in [-0.2, 0) is 16.1 Å². The molecule has 0 unspecified atom stereocenters. The molecule has 1 aromatic heterocycles. The van der Waals surface area contributed by atoms with Gasteiger partial charge in [-0.05, 0) is 66.1 Å². The lowest BCUT2D eigenvalue weighted by Crippen LogP contribution is -2.40. The maximum Gasteiger partial charge on any atom is 0.338 e. The van der Waals surface area contributed by atoms with Gasteiger partial charge in [-0.3, -0.25) is 9.36 Å². The first-order valence-corrected chi connectivity index (χ1v) is 15.8. The number of benzene rings is 4. The van der Waals surface area contributed by atoms with E-state index in [4.69, 9.17) is 35.5 Å². The average Bonchev–Trinajstić information content (AvgIpc) is 3.67. The van der Waals surface area contributed by atoms with Crippen molar-refractivity contribution in [2.24, 2.45) is 4.99 Å². The first-order chi connectivity index (χ1) is 22.5. The highest BCUT2D eigenvalue weighted by atomic mass is 35.5. The SMILES string of the molecule is CCOC(=O)C1=C(c2ccccc2)N=c2s/c(=C\c3ccc(OCc4cccc(Cl)c4)cc3)c(=O)n2[C@@H]1c1ccc2c(c1)OCO2. The van der Waals surface area contributed by atoms with Crippen LogP contribution in [0, 0.1) is 0 Å². The molecule has 0 N–H and O–H groups in total. The van der Waals surface area contributed by atoms with Gasteiger partial charge in [-0.15, -0.1) is 0 Å². The van der Waals surface area contributed by atoms with Crippen molar-refractivity contribution in [1.29, 1.82) is 0 Å². The van der Waals surface area contributed by atoms with Gasteiger partial charge >= 0.3 is 5.97 Å². The van der Waals surface area contributed by atoms with Gasteiger partial charge in [0.15, 0.2) is 16.3 Å². The van der Waals surface area contributed by atoms with Crippen molar-refractivity contribution < 1.29 is 23.7 Å². The van der Waals surface area contributed by atoms with Crippen LogP contribution in [0.15, 0.2) is 112 Å². The number of hydrogen-bond donors (Lipinski definition) is 0. The molecule has 2 aliphatic heterocycles. The van der Waals surface area contributed by atoms with Gasteiger partial charge in [0.2, 0.25) is 6.79 Å². The summed E-state index contributed by atoms with van der Waals surface area (Å²) in [5.41, 5.74) is 3.64. The van der Waals surface area contributed by atoms with Gasteiger partial charge in [0.25, 0.3) is 5.56 Å². The number of esters is 1. The monoisotopic (exact) mass is 650 g/mol. The number of halogens is 1. The molecule has 1 atom stereocenters. The summed E-state index contributed by atoms with van der Waals surface area (Å²) in [4.78, 5) is 33.2. The van der Waals surface area contributed by atoms with E-state index in [1.807, 2.05) is 91.0 Å². The zero-order valence-corrected chi connectivity index (χ0v) is 26.2. The van der Waals surface area contributed by atoms with Gasteiger partial charge in [0, 0.05) is 10.6 Å². The van der Waals surface area contributed by atoms with Crippen molar-refractivity contribution in [3.05, 3.63) is 150 Å². The van der Waals surface area contributed by atoms with E-state index in [-0.39, 0.29) is 24.5 Å². The summed E-state index contributed by atoms with van der Waals surface area (Å²) >= 11 is 7.35. The molecule has 0 bridgehead atoms.